The van der Waals surface area contributed by atoms with Crippen molar-refractivity contribution in [2.24, 2.45) is 0 Å². The van der Waals surface area contributed by atoms with Crippen LogP contribution < -0.4 is 10.3 Å². The van der Waals surface area contributed by atoms with Gasteiger partial charge in [-0.3, -0.25) is 9.69 Å². The van der Waals surface area contributed by atoms with Crippen LogP contribution in [0.25, 0.3) is 10.9 Å². The van der Waals surface area contributed by atoms with E-state index in [1.165, 1.54) is 19.3 Å². The third-order valence-corrected chi connectivity index (χ3v) is 6.11. The largest absolute Gasteiger partial charge is 0.497 e. The molecular formula is C23H32N6O2. The maximum Gasteiger partial charge on any atom is 0.252 e. The van der Waals surface area contributed by atoms with Crippen molar-refractivity contribution in [2.75, 3.05) is 7.11 Å². The molecule has 4 rings (SSSR count). The number of fused-ring (bicyclic) bond motifs is 1. The summed E-state index contributed by atoms with van der Waals surface area (Å²) in [6, 6.07) is 8.18. The van der Waals surface area contributed by atoms with Crippen molar-refractivity contribution in [3.05, 3.63) is 46.0 Å². The second-order valence-corrected chi connectivity index (χ2v) is 9.45. The van der Waals surface area contributed by atoms with Crippen LogP contribution in [0.3, 0.4) is 0 Å². The van der Waals surface area contributed by atoms with Crippen molar-refractivity contribution >= 4 is 10.9 Å². The minimum Gasteiger partial charge on any atom is -0.497 e. The Bertz CT molecular complexity index is 1090. The molecule has 1 aromatic carbocycles. The van der Waals surface area contributed by atoms with E-state index in [0.717, 1.165) is 40.9 Å². The Balaban J connectivity index is 1.66. The number of aromatic nitrogens is 5. The lowest BCUT2D eigenvalue weighted by atomic mass is 9.93. The van der Waals surface area contributed by atoms with Gasteiger partial charge in [-0.1, -0.05) is 19.3 Å². The first-order valence-electron chi connectivity index (χ1n) is 11.1. The first kappa shape index (κ1) is 21.5. The van der Waals surface area contributed by atoms with Gasteiger partial charge in [0.15, 0.2) is 5.82 Å². The second kappa shape index (κ2) is 8.78. The molecule has 1 N–H and O–H groups in total. The van der Waals surface area contributed by atoms with E-state index in [0.29, 0.717) is 19.1 Å². The lowest BCUT2D eigenvalue weighted by molar-refractivity contribution is 0.130. The molecule has 1 aliphatic rings. The van der Waals surface area contributed by atoms with Crippen molar-refractivity contribution in [1.29, 1.82) is 0 Å². The van der Waals surface area contributed by atoms with Crippen LogP contribution >= 0.6 is 0 Å². The van der Waals surface area contributed by atoms with E-state index in [9.17, 15) is 4.79 Å². The van der Waals surface area contributed by atoms with Gasteiger partial charge in [-0.25, -0.2) is 4.68 Å². The van der Waals surface area contributed by atoms with E-state index < -0.39 is 0 Å². The molecular weight excluding hydrogens is 392 g/mol. The van der Waals surface area contributed by atoms with Crippen molar-refractivity contribution in [2.45, 2.75) is 77.5 Å². The number of aromatic amines is 1. The van der Waals surface area contributed by atoms with Gasteiger partial charge < -0.3 is 9.72 Å². The number of hydrogen-bond donors (Lipinski definition) is 1. The summed E-state index contributed by atoms with van der Waals surface area (Å²) >= 11 is 0. The Labute approximate surface area is 182 Å². The topological polar surface area (TPSA) is 88.9 Å². The monoisotopic (exact) mass is 424 g/mol. The van der Waals surface area contributed by atoms with Gasteiger partial charge in [0, 0.05) is 24.2 Å². The number of pyridine rings is 1. The standard InChI is InChI=1S/C23H32N6O2/c1-23(2,3)29-21(25-26-27-29)15-28(18-8-6-5-7-9-18)14-17-12-16-10-11-19(31-4)13-20(16)24-22(17)30/h10-13,18H,5-9,14-15H2,1-4H3,(H,24,30). The first-order chi connectivity index (χ1) is 14.8. The first-order valence-corrected chi connectivity index (χ1v) is 11.1. The zero-order valence-corrected chi connectivity index (χ0v) is 18.9. The smallest absolute Gasteiger partial charge is 0.252 e. The van der Waals surface area contributed by atoms with Gasteiger partial charge in [0.05, 0.1) is 24.7 Å². The molecule has 3 aromatic rings. The van der Waals surface area contributed by atoms with Crippen molar-refractivity contribution in [1.82, 2.24) is 30.1 Å². The summed E-state index contributed by atoms with van der Waals surface area (Å²) in [6.07, 6.45) is 6.00. The summed E-state index contributed by atoms with van der Waals surface area (Å²) < 4.78 is 7.17. The molecule has 0 unspecified atom stereocenters. The van der Waals surface area contributed by atoms with E-state index in [4.69, 9.17) is 4.74 Å². The SMILES string of the molecule is COc1ccc2cc(CN(Cc3nnnn3C(C)(C)C)C3CCCCC3)c(=O)[nH]c2c1. The average Bonchev–Trinajstić information content (AvgIpc) is 3.23. The molecule has 0 spiro atoms. The molecule has 2 heterocycles. The number of methoxy groups -OCH3 is 1. The molecule has 1 aliphatic carbocycles. The normalized spacial score (nSPS) is 15.6. The van der Waals surface area contributed by atoms with E-state index >= 15 is 0 Å². The Hall–Kier alpha value is -2.74. The van der Waals surface area contributed by atoms with Crippen LogP contribution in [-0.2, 0) is 18.6 Å². The number of H-pyrrole nitrogens is 1. The highest BCUT2D eigenvalue weighted by Gasteiger charge is 2.27. The van der Waals surface area contributed by atoms with Gasteiger partial charge in [0.1, 0.15) is 5.75 Å². The maximum atomic E-state index is 12.9. The fraction of sp³-hybridized carbons (Fsp3) is 0.565. The lowest BCUT2D eigenvalue weighted by Gasteiger charge is -2.34. The highest BCUT2D eigenvalue weighted by atomic mass is 16.5. The van der Waals surface area contributed by atoms with Gasteiger partial charge in [0.25, 0.3) is 5.56 Å². The van der Waals surface area contributed by atoms with Gasteiger partial charge in [-0.2, -0.15) is 0 Å². The molecule has 8 nitrogen and oxygen atoms in total. The molecule has 0 bridgehead atoms. The summed E-state index contributed by atoms with van der Waals surface area (Å²) in [4.78, 5) is 18.3. The Morgan fingerprint density at radius 1 is 1.16 bits per heavy atom. The Morgan fingerprint density at radius 2 is 1.94 bits per heavy atom. The number of nitrogens with one attached hydrogen (secondary N) is 1. The van der Waals surface area contributed by atoms with Crippen molar-refractivity contribution < 1.29 is 4.74 Å². The van der Waals surface area contributed by atoms with Gasteiger partial charge >= 0.3 is 0 Å². The third-order valence-electron chi connectivity index (χ3n) is 6.11. The molecule has 0 aliphatic heterocycles. The van der Waals surface area contributed by atoms with Crippen LogP contribution in [0.1, 0.15) is 64.3 Å². The zero-order chi connectivity index (χ0) is 22.0. The van der Waals surface area contributed by atoms with Crippen LogP contribution in [0.5, 0.6) is 5.75 Å². The van der Waals surface area contributed by atoms with E-state index in [-0.39, 0.29) is 11.1 Å². The molecule has 1 fully saturated rings. The minimum absolute atomic E-state index is 0.0584. The quantitative estimate of drug-likeness (QED) is 0.650. The molecule has 31 heavy (non-hydrogen) atoms. The fourth-order valence-electron chi connectivity index (χ4n) is 4.46. The molecule has 166 valence electrons. The van der Waals surface area contributed by atoms with Crippen molar-refractivity contribution in [3.63, 3.8) is 0 Å². The predicted molar refractivity (Wildman–Crippen MR) is 120 cm³/mol. The van der Waals surface area contributed by atoms with Crippen LogP contribution in [0.4, 0.5) is 0 Å². The molecule has 0 amide bonds. The molecule has 0 saturated heterocycles. The van der Waals surface area contributed by atoms with Crippen LogP contribution in [0.2, 0.25) is 0 Å². The number of hydrogen-bond acceptors (Lipinski definition) is 6. The van der Waals surface area contributed by atoms with Crippen molar-refractivity contribution in [3.8, 4) is 5.75 Å². The lowest BCUT2D eigenvalue weighted by Crippen LogP contribution is -2.39. The summed E-state index contributed by atoms with van der Waals surface area (Å²) in [5.74, 6) is 1.56. The molecule has 0 radical (unpaired) electrons. The molecule has 2 aromatic heterocycles. The maximum absolute atomic E-state index is 12.9. The molecule has 8 heteroatoms. The highest BCUT2D eigenvalue weighted by molar-refractivity contribution is 5.80. The predicted octanol–water partition coefficient (Wildman–Crippen LogP) is 3.61. The summed E-state index contributed by atoms with van der Waals surface area (Å²) in [7, 11) is 1.63. The number of tetrazole rings is 1. The molecule has 1 saturated carbocycles. The van der Waals surface area contributed by atoms with Crippen LogP contribution in [0, 0.1) is 0 Å². The Kier molecular flexibility index (Phi) is 6.09. The van der Waals surface area contributed by atoms with Gasteiger partial charge in [0.2, 0.25) is 0 Å². The van der Waals surface area contributed by atoms with E-state index in [1.54, 1.807) is 7.11 Å². The fourth-order valence-corrected chi connectivity index (χ4v) is 4.46. The Morgan fingerprint density at radius 3 is 2.65 bits per heavy atom. The second-order valence-electron chi connectivity index (χ2n) is 9.45. The highest BCUT2D eigenvalue weighted by Crippen LogP contribution is 2.26. The van der Waals surface area contributed by atoms with Gasteiger partial charge in [-0.15, -0.1) is 5.10 Å². The average molecular weight is 425 g/mol. The minimum atomic E-state index is -0.198. The number of rotatable bonds is 6. The van der Waals surface area contributed by atoms with Crippen LogP contribution in [-0.4, -0.2) is 43.2 Å². The van der Waals surface area contributed by atoms with E-state index in [2.05, 4.69) is 46.2 Å². The number of nitrogens with zero attached hydrogens (tertiary/aromatic N) is 5. The third kappa shape index (κ3) is 4.79. The van der Waals surface area contributed by atoms with E-state index in [1.807, 2.05) is 28.9 Å². The summed E-state index contributed by atoms with van der Waals surface area (Å²) in [6.45, 7) is 7.48. The summed E-state index contributed by atoms with van der Waals surface area (Å²) in [5, 5.41) is 13.5. The number of benzene rings is 1. The molecule has 0 atom stereocenters. The van der Waals surface area contributed by atoms with Gasteiger partial charge in [-0.05, 0) is 67.6 Å². The number of ether oxygens (including phenoxy) is 1. The zero-order valence-electron chi connectivity index (χ0n) is 18.9. The summed E-state index contributed by atoms with van der Waals surface area (Å²) in [5.41, 5.74) is 1.29. The van der Waals surface area contributed by atoms with Crippen LogP contribution in [0.15, 0.2) is 29.1 Å².